The van der Waals surface area contributed by atoms with Crippen LogP contribution in [0.25, 0.3) is 5.57 Å². The van der Waals surface area contributed by atoms with Crippen molar-refractivity contribution in [3.8, 4) is 0 Å². The molecule has 0 radical (unpaired) electrons. The SMILES string of the molecule is COC(=O)/C=C1/C(=O)N(c2ccccc2)c2ccccc21. The number of rotatable bonds is 2. The number of methoxy groups -OCH3 is 1. The van der Waals surface area contributed by atoms with Gasteiger partial charge in [-0.3, -0.25) is 9.69 Å². The summed E-state index contributed by atoms with van der Waals surface area (Å²) in [7, 11) is 1.29. The van der Waals surface area contributed by atoms with E-state index in [-0.39, 0.29) is 5.91 Å². The first-order chi connectivity index (χ1) is 10.2. The second kappa shape index (κ2) is 5.25. The molecule has 0 aromatic heterocycles. The molecule has 1 aliphatic rings. The van der Waals surface area contributed by atoms with Crippen LogP contribution in [0.2, 0.25) is 0 Å². The molecule has 3 rings (SSSR count). The third kappa shape index (κ3) is 2.21. The van der Waals surface area contributed by atoms with Crippen molar-refractivity contribution in [2.45, 2.75) is 0 Å². The normalized spacial score (nSPS) is 15.2. The highest BCUT2D eigenvalue weighted by Crippen LogP contribution is 2.41. The Kier molecular flexibility index (Phi) is 3.28. The van der Waals surface area contributed by atoms with Crippen molar-refractivity contribution in [3.05, 3.63) is 66.2 Å². The number of esters is 1. The third-order valence-electron chi connectivity index (χ3n) is 3.35. The van der Waals surface area contributed by atoms with Crippen LogP contribution in [0.1, 0.15) is 5.56 Å². The van der Waals surface area contributed by atoms with E-state index in [1.807, 2.05) is 54.6 Å². The first-order valence-electron chi connectivity index (χ1n) is 6.51. The molecule has 1 aliphatic heterocycles. The van der Waals surface area contributed by atoms with Crippen LogP contribution in [0.3, 0.4) is 0 Å². The Labute approximate surface area is 122 Å². The number of amides is 1. The van der Waals surface area contributed by atoms with E-state index in [4.69, 9.17) is 0 Å². The van der Waals surface area contributed by atoms with E-state index in [0.29, 0.717) is 5.57 Å². The lowest BCUT2D eigenvalue weighted by Crippen LogP contribution is -2.20. The Morgan fingerprint density at radius 3 is 2.43 bits per heavy atom. The highest BCUT2D eigenvalue weighted by atomic mass is 16.5. The zero-order chi connectivity index (χ0) is 14.8. The van der Waals surface area contributed by atoms with Crippen LogP contribution in [-0.4, -0.2) is 19.0 Å². The van der Waals surface area contributed by atoms with Crippen molar-refractivity contribution >= 4 is 28.8 Å². The molecule has 4 heteroatoms. The number of benzene rings is 2. The third-order valence-corrected chi connectivity index (χ3v) is 3.35. The van der Waals surface area contributed by atoms with E-state index in [1.54, 1.807) is 4.90 Å². The first-order valence-corrected chi connectivity index (χ1v) is 6.51. The summed E-state index contributed by atoms with van der Waals surface area (Å²) in [5.74, 6) is -0.768. The topological polar surface area (TPSA) is 46.6 Å². The predicted octanol–water partition coefficient (Wildman–Crippen LogP) is 2.92. The minimum Gasteiger partial charge on any atom is -0.466 e. The summed E-state index contributed by atoms with van der Waals surface area (Å²) in [6.07, 6.45) is 1.24. The molecule has 4 nitrogen and oxygen atoms in total. The Morgan fingerprint density at radius 2 is 1.71 bits per heavy atom. The van der Waals surface area contributed by atoms with Gasteiger partial charge in [-0.05, 0) is 18.2 Å². The summed E-state index contributed by atoms with van der Waals surface area (Å²) in [6.45, 7) is 0. The van der Waals surface area contributed by atoms with Gasteiger partial charge in [0.2, 0.25) is 0 Å². The van der Waals surface area contributed by atoms with Gasteiger partial charge >= 0.3 is 5.97 Å². The van der Waals surface area contributed by atoms with Gasteiger partial charge < -0.3 is 4.74 Å². The fraction of sp³-hybridized carbons (Fsp3) is 0.0588. The molecule has 0 atom stereocenters. The smallest absolute Gasteiger partial charge is 0.331 e. The number of carbonyl (C=O) groups is 2. The second-order valence-electron chi connectivity index (χ2n) is 4.57. The molecule has 2 aromatic rings. The highest BCUT2D eigenvalue weighted by Gasteiger charge is 2.33. The maximum Gasteiger partial charge on any atom is 0.331 e. The van der Waals surface area contributed by atoms with Crippen LogP contribution in [0.4, 0.5) is 11.4 Å². The van der Waals surface area contributed by atoms with Crippen LogP contribution in [0, 0.1) is 0 Å². The minimum atomic E-state index is -0.539. The molecule has 2 aromatic carbocycles. The molecule has 0 fully saturated rings. The lowest BCUT2D eigenvalue weighted by molar-refractivity contribution is -0.134. The van der Waals surface area contributed by atoms with Crippen molar-refractivity contribution < 1.29 is 14.3 Å². The van der Waals surface area contributed by atoms with Gasteiger partial charge in [-0.1, -0.05) is 36.4 Å². The molecule has 0 saturated carbocycles. The Balaban J connectivity index is 2.15. The summed E-state index contributed by atoms with van der Waals surface area (Å²) in [4.78, 5) is 25.8. The Hall–Kier alpha value is -2.88. The van der Waals surface area contributed by atoms with Crippen molar-refractivity contribution in [3.63, 3.8) is 0 Å². The average molecular weight is 279 g/mol. The number of fused-ring (bicyclic) bond motifs is 1. The summed E-state index contributed by atoms with van der Waals surface area (Å²) < 4.78 is 4.63. The highest BCUT2D eigenvalue weighted by molar-refractivity contribution is 6.36. The quantitative estimate of drug-likeness (QED) is 0.627. The number of nitrogens with zero attached hydrogens (tertiary/aromatic N) is 1. The number of hydrogen-bond acceptors (Lipinski definition) is 3. The number of hydrogen-bond donors (Lipinski definition) is 0. The van der Waals surface area contributed by atoms with Crippen LogP contribution in [-0.2, 0) is 14.3 Å². The second-order valence-corrected chi connectivity index (χ2v) is 4.57. The zero-order valence-electron chi connectivity index (χ0n) is 11.4. The lowest BCUT2D eigenvalue weighted by atomic mass is 10.1. The van der Waals surface area contributed by atoms with Crippen molar-refractivity contribution in [1.82, 2.24) is 0 Å². The average Bonchev–Trinajstić information content (AvgIpc) is 2.80. The minimum absolute atomic E-state index is 0.229. The molecule has 0 N–H and O–H groups in total. The maximum absolute atomic E-state index is 12.7. The van der Waals surface area contributed by atoms with Gasteiger partial charge in [-0.15, -0.1) is 0 Å². The van der Waals surface area contributed by atoms with Crippen molar-refractivity contribution in [2.24, 2.45) is 0 Å². The van der Waals surface area contributed by atoms with Gasteiger partial charge in [0, 0.05) is 17.3 Å². The van der Waals surface area contributed by atoms with Crippen molar-refractivity contribution in [2.75, 3.05) is 12.0 Å². The van der Waals surface area contributed by atoms with Gasteiger partial charge in [-0.2, -0.15) is 0 Å². The maximum atomic E-state index is 12.7. The number of anilines is 2. The largest absolute Gasteiger partial charge is 0.466 e. The molecule has 0 unspecified atom stereocenters. The zero-order valence-corrected chi connectivity index (χ0v) is 11.4. The number of para-hydroxylation sites is 2. The van der Waals surface area contributed by atoms with Gasteiger partial charge in [0.05, 0.1) is 18.4 Å². The monoisotopic (exact) mass is 279 g/mol. The Morgan fingerprint density at radius 1 is 1.05 bits per heavy atom. The molecule has 0 spiro atoms. The van der Waals surface area contributed by atoms with Gasteiger partial charge in [0.25, 0.3) is 5.91 Å². The van der Waals surface area contributed by atoms with Crippen LogP contribution in [0.5, 0.6) is 0 Å². The van der Waals surface area contributed by atoms with E-state index >= 15 is 0 Å². The molecule has 104 valence electrons. The fourth-order valence-corrected chi connectivity index (χ4v) is 2.39. The summed E-state index contributed by atoms with van der Waals surface area (Å²) in [5.41, 5.74) is 2.62. The van der Waals surface area contributed by atoms with Crippen LogP contribution >= 0.6 is 0 Å². The number of ether oxygens (including phenoxy) is 1. The first kappa shape index (κ1) is 13.1. The van der Waals surface area contributed by atoms with E-state index in [9.17, 15) is 9.59 Å². The molecule has 0 aliphatic carbocycles. The van der Waals surface area contributed by atoms with Gasteiger partial charge in [0.15, 0.2) is 0 Å². The Bertz CT molecular complexity index is 735. The molecular weight excluding hydrogens is 266 g/mol. The van der Waals surface area contributed by atoms with Crippen LogP contribution < -0.4 is 4.90 Å². The summed E-state index contributed by atoms with van der Waals surface area (Å²) in [6, 6.07) is 16.7. The van der Waals surface area contributed by atoms with Gasteiger partial charge in [-0.25, -0.2) is 4.79 Å². The van der Waals surface area contributed by atoms with E-state index in [2.05, 4.69) is 4.74 Å². The lowest BCUT2D eigenvalue weighted by Gasteiger charge is -2.16. The van der Waals surface area contributed by atoms with Crippen molar-refractivity contribution in [1.29, 1.82) is 0 Å². The van der Waals surface area contributed by atoms with E-state index < -0.39 is 5.97 Å². The molecule has 1 amide bonds. The standard InChI is InChI=1S/C17H13NO3/c1-21-16(19)11-14-13-9-5-6-10-15(13)18(17(14)20)12-7-3-2-4-8-12/h2-11H,1H3/b14-11+. The molecule has 0 saturated heterocycles. The molecule has 21 heavy (non-hydrogen) atoms. The molecule has 1 heterocycles. The predicted molar refractivity (Wildman–Crippen MR) is 80.0 cm³/mol. The van der Waals surface area contributed by atoms with E-state index in [1.165, 1.54) is 13.2 Å². The van der Waals surface area contributed by atoms with Gasteiger partial charge in [0.1, 0.15) is 0 Å². The fourth-order valence-electron chi connectivity index (χ4n) is 2.39. The molecule has 0 bridgehead atoms. The molecular formula is C17H13NO3. The number of carbonyl (C=O) groups excluding carboxylic acids is 2. The summed E-state index contributed by atoms with van der Waals surface area (Å²) in [5, 5.41) is 0. The van der Waals surface area contributed by atoms with Crippen LogP contribution in [0.15, 0.2) is 60.7 Å². The summed E-state index contributed by atoms with van der Waals surface area (Å²) >= 11 is 0. The van der Waals surface area contributed by atoms with E-state index in [0.717, 1.165) is 16.9 Å².